The summed E-state index contributed by atoms with van der Waals surface area (Å²) in [5, 5.41) is 32.2. The fourth-order valence-corrected chi connectivity index (χ4v) is 6.96. The summed E-state index contributed by atoms with van der Waals surface area (Å²) in [6.07, 6.45) is 29.7. The minimum absolute atomic E-state index is 0.120. The number of aliphatic carboxylic acids is 3. The van der Waals surface area contributed by atoms with Crippen LogP contribution in [0, 0.1) is 0 Å². The molecule has 0 radical (unpaired) electrons. The summed E-state index contributed by atoms with van der Waals surface area (Å²) in [6, 6.07) is -3.42. The molecular weight excluding hydrogens is 542 g/mol. The largest absolute Gasteiger partial charge is 0.544 e. The second-order valence-corrected chi connectivity index (χ2v) is 12.5. The smallest absolute Gasteiger partial charge is 0.362 e. The van der Waals surface area contributed by atoms with Crippen molar-refractivity contribution in [2.45, 2.75) is 193 Å². The van der Waals surface area contributed by atoms with Crippen LogP contribution in [0.15, 0.2) is 12.2 Å². The minimum atomic E-state index is -1.37. The SMILES string of the molecule is CCCCCCCCCCCCCCCCCC/C=C/CCCC[N+](C(CC)C(=O)[O-])(C(CC)C(=O)O)C(CC)C(=O)O. The van der Waals surface area contributed by atoms with E-state index in [2.05, 4.69) is 19.1 Å². The first kappa shape index (κ1) is 41.1. The molecule has 0 saturated heterocycles. The molecule has 0 saturated carbocycles. The van der Waals surface area contributed by atoms with Crippen LogP contribution in [-0.4, -0.2) is 57.3 Å². The molecule has 0 bridgehead atoms. The Morgan fingerprint density at radius 3 is 1.16 bits per heavy atom. The molecule has 0 heterocycles. The van der Waals surface area contributed by atoms with Gasteiger partial charge in [0.25, 0.3) is 0 Å². The van der Waals surface area contributed by atoms with Crippen molar-refractivity contribution in [1.82, 2.24) is 0 Å². The molecule has 7 heteroatoms. The van der Waals surface area contributed by atoms with Crippen molar-refractivity contribution in [2.24, 2.45) is 0 Å². The molecule has 0 aromatic heterocycles. The molecular formula is C36H67NO6. The molecule has 0 spiro atoms. The first-order valence-corrected chi connectivity index (χ1v) is 17.9. The number of hydrogen-bond acceptors (Lipinski definition) is 4. The maximum atomic E-state index is 12.3. The summed E-state index contributed by atoms with van der Waals surface area (Å²) in [5.41, 5.74) is 0. The van der Waals surface area contributed by atoms with Gasteiger partial charge in [0, 0.05) is 19.3 Å². The lowest BCUT2D eigenvalue weighted by Crippen LogP contribution is -2.73. The molecule has 0 rings (SSSR count). The lowest BCUT2D eigenvalue weighted by atomic mass is 9.94. The van der Waals surface area contributed by atoms with E-state index in [4.69, 9.17) is 0 Å². The monoisotopic (exact) mass is 609 g/mol. The van der Waals surface area contributed by atoms with Crippen molar-refractivity contribution in [3.63, 3.8) is 0 Å². The third-order valence-electron chi connectivity index (χ3n) is 9.30. The number of carboxylic acid groups (broad SMARTS) is 3. The first-order valence-electron chi connectivity index (χ1n) is 17.9. The van der Waals surface area contributed by atoms with Gasteiger partial charge in [-0.2, -0.15) is 0 Å². The average molecular weight is 610 g/mol. The maximum absolute atomic E-state index is 12.3. The third kappa shape index (κ3) is 16.7. The summed E-state index contributed by atoms with van der Waals surface area (Å²) in [4.78, 5) is 36.7. The van der Waals surface area contributed by atoms with Gasteiger partial charge in [-0.25, -0.2) is 9.59 Å². The molecule has 252 valence electrons. The Labute approximate surface area is 264 Å². The van der Waals surface area contributed by atoms with Crippen LogP contribution in [0.3, 0.4) is 0 Å². The fraction of sp³-hybridized carbons (Fsp3) is 0.861. The van der Waals surface area contributed by atoms with Gasteiger partial charge in [-0.1, -0.05) is 136 Å². The lowest BCUT2D eigenvalue weighted by molar-refractivity contribution is -0.974. The Morgan fingerprint density at radius 1 is 0.535 bits per heavy atom. The van der Waals surface area contributed by atoms with Crippen LogP contribution in [0.5, 0.6) is 0 Å². The number of quaternary nitrogens is 1. The van der Waals surface area contributed by atoms with Crippen LogP contribution in [0.1, 0.15) is 175 Å². The summed E-state index contributed by atoms with van der Waals surface area (Å²) >= 11 is 0. The van der Waals surface area contributed by atoms with Gasteiger partial charge >= 0.3 is 11.9 Å². The van der Waals surface area contributed by atoms with E-state index >= 15 is 0 Å². The summed E-state index contributed by atoms with van der Waals surface area (Å²) in [6.45, 7) is 7.49. The molecule has 3 atom stereocenters. The molecule has 0 fully saturated rings. The van der Waals surface area contributed by atoms with E-state index in [0.29, 0.717) is 6.42 Å². The average Bonchev–Trinajstić information content (AvgIpc) is 2.96. The summed E-state index contributed by atoms with van der Waals surface area (Å²) in [5.74, 6) is -3.68. The van der Waals surface area contributed by atoms with Gasteiger partial charge in [0.2, 0.25) is 0 Å². The maximum Gasteiger partial charge on any atom is 0.362 e. The van der Waals surface area contributed by atoms with Gasteiger partial charge in [-0.3, -0.25) is 4.48 Å². The Hall–Kier alpha value is -1.89. The molecule has 0 aliphatic carbocycles. The van der Waals surface area contributed by atoms with Crippen molar-refractivity contribution >= 4 is 17.9 Å². The third-order valence-corrected chi connectivity index (χ3v) is 9.30. The van der Waals surface area contributed by atoms with Gasteiger partial charge in [-0.05, 0) is 32.1 Å². The Morgan fingerprint density at radius 2 is 0.860 bits per heavy atom. The van der Waals surface area contributed by atoms with Crippen LogP contribution in [-0.2, 0) is 14.4 Å². The molecule has 3 unspecified atom stereocenters. The highest BCUT2D eigenvalue weighted by atomic mass is 16.4. The molecule has 43 heavy (non-hydrogen) atoms. The van der Waals surface area contributed by atoms with E-state index in [9.17, 15) is 29.7 Å². The zero-order valence-corrected chi connectivity index (χ0v) is 28.3. The van der Waals surface area contributed by atoms with E-state index in [0.717, 1.165) is 19.3 Å². The quantitative estimate of drug-likeness (QED) is 0.0463. The minimum Gasteiger partial charge on any atom is -0.544 e. The van der Waals surface area contributed by atoms with E-state index in [1.807, 2.05) is 0 Å². The highest BCUT2D eigenvalue weighted by Gasteiger charge is 2.53. The summed E-state index contributed by atoms with van der Waals surface area (Å²) in [7, 11) is 0. The molecule has 0 amide bonds. The molecule has 7 nitrogen and oxygen atoms in total. The van der Waals surface area contributed by atoms with Crippen LogP contribution < -0.4 is 5.11 Å². The van der Waals surface area contributed by atoms with Crippen LogP contribution in [0.25, 0.3) is 0 Å². The Bertz CT molecular complexity index is 697. The van der Waals surface area contributed by atoms with Crippen molar-refractivity contribution in [1.29, 1.82) is 0 Å². The second-order valence-electron chi connectivity index (χ2n) is 12.5. The van der Waals surface area contributed by atoms with Crippen LogP contribution in [0.4, 0.5) is 0 Å². The number of nitrogens with zero attached hydrogens (tertiary/aromatic N) is 1. The summed E-state index contributed by atoms with van der Waals surface area (Å²) < 4.78 is -0.487. The molecule has 0 aromatic carbocycles. The zero-order chi connectivity index (χ0) is 32.3. The predicted molar refractivity (Wildman–Crippen MR) is 175 cm³/mol. The molecule has 2 N–H and O–H groups in total. The van der Waals surface area contributed by atoms with Gasteiger partial charge in [0.05, 0.1) is 12.5 Å². The number of carboxylic acids is 3. The molecule has 0 aliphatic heterocycles. The Kier molecular flexibility index (Phi) is 25.3. The number of rotatable bonds is 31. The number of carbonyl (C=O) groups excluding carboxylic acids is 1. The Balaban J connectivity index is 4.35. The fourth-order valence-electron chi connectivity index (χ4n) is 6.96. The van der Waals surface area contributed by atoms with Crippen molar-refractivity contribution in [3.8, 4) is 0 Å². The van der Waals surface area contributed by atoms with Crippen LogP contribution in [0.2, 0.25) is 0 Å². The van der Waals surface area contributed by atoms with Gasteiger partial charge in [0.15, 0.2) is 12.1 Å². The van der Waals surface area contributed by atoms with E-state index in [-0.39, 0.29) is 25.8 Å². The standard InChI is InChI=1S/C36H67NO6/c1-5-9-10-11-12-13-14-15-16-17-18-19-20-21-22-23-24-25-26-27-28-29-30-37(31(6-2)34(38)39,32(7-3)35(40)41)33(8-4)36(42)43/h25-26,31-33H,5-24,27-30H2,1-4H3,(H2-,38,39,40,41,42,43)/b26-25+. The van der Waals surface area contributed by atoms with E-state index in [1.165, 1.54) is 103 Å². The highest BCUT2D eigenvalue weighted by molar-refractivity contribution is 5.77. The van der Waals surface area contributed by atoms with E-state index < -0.39 is 40.5 Å². The lowest BCUT2D eigenvalue weighted by Gasteiger charge is -2.51. The van der Waals surface area contributed by atoms with Gasteiger partial charge in [-0.15, -0.1) is 0 Å². The molecule has 0 aliphatic rings. The molecule has 0 aromatic rings. The zero-order valence-electron chi connectivity index (χ0n) is 28.3. The van der Waals surface area contributed by atoms with Crippen LogP contribution >= 0.6 is 0 Å². The number of allylic oxidation sites excluding steroid dienone is 2. The predicted octanol–water partition coefficient (Wildman–Crippen LogP) is 8.44. The first-order chi connectivity index (χ1) is 20.7. The number of carbonyl (C=O) groups is 3. The van der Waals surface area contributed by atoms with Crippen molar-refractivity contribution in [3.05, 3.63) is 12.2 Å². The number of unbranched alkanes of at least 4 members (excludes halogenated alkanes) is 18. The normalized spacial score (nSPS) is 15.3. The van der Waals surface area contributed by atoms with Gasteiger partial charge < -0.3 is 20.1 Å². The van der Waals surface area contributed by atoms with Crippen molar-refractivity contribution in [2.75, 3.05) is 6.54 Å². The second kappa shape index (κ2) is 26.5. The van der Waals surface area contributed by atoms with Crippen molar-refractivity contribution < 1.29 is 34.2 Å². The number of hydrogen-bond donors (Lipinski definition) is 2. The van der Waals surface area contributed by atoms with Gasteiger partial charge in [0.1, 0.15) is 6.04 Å². The topological polar surface area (TPSA) is 115 Å². The highest BCUT2D eigenvalue weighted by Crippen LogP contribution is 2.32. The van der Waals surface area contributed by atoms with E-state index in [1.54, 1.807) is 20.8 Å².